The lowest BCUT2D eigenvalue weighted by Gasteiger charge is -2.35. The van der Waals surface area contributed by atoms with E-state index in [1.54, 1.807) is 12.1 Å². The molecular weight excluding hydrogens is 228 g/mol. The molecule has 3 heteroatoms. The summed E-state index contributed by atoms with van der Waals surface area (Å²) in [5.41, 5.74) is -0.191. The summed E-state index contributed by atoms with van der Waals surface area (Å²) in [4.78, 5) is 11.9. The Morgan fingerprint density at radius 2 is 2.11 bits per heavy atom. The van der Waals surface area contributed by atoms with Gasteiger partial charge in [0.05, 0.1) is 5.56 Å². The Morgan fingerprint density at radius 3 is 2.67 bits per heavy atom. The number of carbonyl (C=O) groups excluding carboxylic acids is 1. The molecule has 1 aliphatic heterocycles. The summed E-state index contributed by atoms with van der Waals surface area (Å²) in [6, 6.07) is 8.94. The fourth-order valence-electron chi connectivity index (χ4n) is 1.60. The molecule has 0 unspecified atom stereocenters. The lowest BCUT2D eigenvalue weighted by Crippen LogP contribution is -2.52. The van der Waals surface area contributed by atoms with E-state index in [1.807, 2.05) is 18.2 Å². The molecule has 0 aromatic heterocycles. The Labute approximate surface area is 107 Å². The van der Waals surface area contributed by atoms with Crippen molar-refractivity contribution in [2.75, 3.05) is 13.2 Å². The highest BCUT2D eigenvalue weighted by atomic mass is 16.6. The smallest absolute Gasteiger partial charge is 0.339 e. The van der Waals surface area contributed by atoms with Crippen LogP contribution in [0.15, 0.2) is 30.3 Å². The molecule has 1 saturated heterocycles. The number of unbranched alkanes of at least 4 members (excludes halogenated alkanes) is 1. The normalized spacial score (nSPS) is 16.1. The van der Waals surface area contributed by atoms with E-state index in [2.05, 4.69) is 18.8 Å². The highest BCUT2D eigenvalue weighted by Gasteiger charge is 2.41. The van der Waals surface area contributed by atoms with E-state index in [0.717, 1.165) is 12.8 Å². The molecule has 0 saturated carbocycles. The average molecular weight is 244 g/mol. The van der Waals surface area contributed by atoms with Crippen molar-refractivity contribution in [2.24, 2.45) is 0 Å². The van der Waals surface area contributed by atoms with Gasteiger partial charge < -0.3 is 9.47 Å². The molecule has 0 atom stereocenters. The lowest BCUT2D eigenvalue weighted by atomic mass is 10.0. The molecule has 1 fully saturated rings. The van der Waals surface area contributed by atoms with Crippen molar-refractivity contribution >= 4 is 5.97 Å². The first-order valence-corrected chi connectivity index (χ1v) is 6.12. The third-order valence-corrected chi connectivity index (χ3v) is 2.66. The monoisotopic (exact) mass is 244 g/mol. The Balaban J connectivity index is 2.03. The van der Waals surface area contributed by atoms with Crippen molar-refractivity contribution < 1.29 is 14.3 Å². The Hall–Kier alpha value is -1.79. The second-order valence-corrected chi connectivity index (χ2v) is 4.29. The first kappa shape index (κ1) is 12.7. The van der Waals surface area contributed by atoms with Crippen LogP contribution in [-0.4, -0.2) is 24.8 Å². The molecule has 0 bridgehead atoms. The van der Waals surface area contributed by atoms with Crippen LogP contribution in [0, 0.1) is 11.8 Å². The minimum atomic E-state index is -0.734. The second-order valence-electron chi connectivity index (χ2n) is 4.29. The quantitative estimate of drug-likeness (QED) is 0.605. The van der Waals surface area contributed by atoms with E-state index >= 15 is 0 Å². The standard InChI is InChI=1S/C15H16O3/c1-2-3-7-10-15(11-17-12-15)18-14(16)13-8-5-4-6-9-13/h4-6,8-9H,2-3,11-12H2,1H3. The average Bonchev–Trinajstić information content (AvgIpc) is 2.37. The van der Waals surface area contributed by atoms with Crippen LogP contribution in [-0.2, 0) is 9.47 Å². The highest BCUT2D eigenvalue weighted by Crippen LogP contribution is 2.22. The summed E-state index contributed by atoms with van der Waals surface area (Å²) >= 11 is 0. The number of ether oxygens (including phenoxy) is 2. The molecule has 1 aromatic rings. The molecule has 1 aliphatic rings. The Bertz CT molecular complexity index is 464. The van der Waals surface area contributed by atoms with Gasteiger partial charge in [-0.05, 0) is 18.6 Å². The molecule has 94 valence electrons. The maximum Gasteiger partial charge on any atom is 0.339 e. The van der Waals surface area contributed by atoms with Crippen LogP contribution in [0.25, 0.3) is 0 Å². The Morgan fingerprint density at radius 1 is 1.39 bits per heavy atom. The molecule has 0 radical (unpaired) electrons. The lowest BCUT2D eigenvalue weighted by molar-refractivity contribution is -0.146. The maximum atomic E-state index is 11.9. The molecular formula is C15H16O3. The zero-order valence-corrected chi connectivity index (χ0v) is 10.4. The molecule has 1 heterocycles. The summed E-state index contributed by atoms with van der Waals surface area (Å²) in [7, 11) is 0. The van der Waals surface area contributed by atoms with E-state index in [1.165, 1.54) is 0 Å². The number of carbonyl (C=O) groups is 1. The number of hydrogen-bond acceptors (Lipinski definition) is 3. The minimum absolute atomic E-state index is 0.343. The van der Waals surface area contributed by atoms with Gasteiger partial charge in [-0.1, -0.05) is 37.0 Å². The van der Waals surface area contributed by atoms with E-state index < -0.39 is 5.60 Å². The first-order chi connectivity index (χ1) is 8.76. The van der Waals surface area contributed by atoms with Crippen LogP contribution in [0.1, 0.15) is 30.1 Å². The van der Waals surface area contributed by atoms with E-state index in [-0.39, 0.29) is 5.97 Å². The molecule has 0 spiro atoms. The van der Waals surface area contributed by atoms with Crippen molar-refractivity contribution in [3.05, 3.63) is 35.9 Å². The predicted octanol–water partition coefficient (Wildman–Crippen LogP) is 2.42. The van der Waals surface area contributed by atoms with E-state index in [4.69, 9.17) is 9.47 Å². The van der Waals surface area contributed by atoms with E-state index in [9.17, 15) is 4.79 Å². The number of esters is 1. The molecule has 0 amide bonds. The predicted molar refractivity (Wildman–Crippen MR) is 68.1 cm³/mol. The molecule has 0 N–H and O–H groups in total. The van der Waals surface area contributed by atoms with Crippen LogP contribution >= 0.6 is 0 Å². The molecule has 1 aromatic carbocycles. The van der Waals surface area contributed by atoms with Gasteiger partial charge in [-0.15, -0.1) is 0 Å². The zero-order chi connectivity index (χ0) is 12.8. The summed E-state index contributed by atoms with van der Waals surface area (Å²) < 4.78 is 10.6. The van der Waals surface area contributed by atoms with Crippen LogP contribution in [0.3, 0.4) is 0 Å². The fraction of sp³-hybridized carbons (Fsp3) is 0.400. The molecule has 3 nitrogen and oxygen atoms in total. The van der Waals surface area contributed by atoms with Gasteiger partial charge in [-0.25, -0.2) is 4.79 Å². The molecule has 0 aliphatic carbocycles. The van der Waals surface area contributed by atoms with Gasteiger partial charge in [0, 0.05) is 6.42 Å². The zero-order valence-electron chi connectivity index (χ0n) is 10.4. The van der Waals surface area contributed by atoms with Crippen LogP contribution in [0.5, 0.6) is 0 Å². The fourth-order valence-corrected chi connectivity index (χ4v) is 1.60. The van der Waals surface area contributed by atoms with Gasteiger partial charge in [-0.2, -0.15) is 0 Å². The summed E-state index contributed by atoms with van der Waals surface area (Å²) in [5, 5.41) is 0. The summed E-state index contributed by atoms with van der Waals surface area (Å²) in [6.45, 7) is 2.79. The van der Waals surface area contributed by atoms with Crippen LogP contribution < -0.4 is 0 Å². The number of benzene rings is 1. The van der Waals surface area contributed by atoms with E-state index in [0.29, 0.717) is 18.8 Å². The second kappa shape index (κ2) is 5.70. The van der Waals surface area contributed by atoms with Gasteiger partial charge in [0.25, 0.3) is 0 Å². The van der Waals surface area contributed by atoms with Gasteiger partial charge in [-0.3, -0.25) is 0 Å². The third kappa shape index (κ3) is 2.91. The molecule has 2 rings (SSSR count). The topological polar surface area (TPSA) is 35.5 Å². The van der Waals surface area contributed by atoms with Crippen LogP contribution in [0.2, 0.25) is 0 Å². The Kier molecular flexibility index (Phi) is 4.01. The minimum Gasteiger partial charge on any atom is -0.437 e. The van der Waals surface area contributed by atoms with Crippen LogP contribution in [0.4, 0.5) is 0 Å². The van der Waals surface area contributed by atoms with Crippen molar-refractivity contribution in [1.29, 1.82) is 0 Å². The van der Waals surface area contributed by atoms with Gasteiger partial charge in [0.1, 0.15) is 13.2 Å². The van der Waals surface area contributed by atoms with Crippen molar-refractivity contribution in [3.8, 4) is 11.8 Å². The number of hydrogen-bond donors (Lipinski definition) is 0. The summed E-state index contributed by atoms with van der Waals surface area (Å²) in [5.74, 6) is 5.70. The maximum absolute atomic E-state index is 11.9. The van der Waals surface area contributed by atoms with Crippen molar-refractivity contribution in [3.63, 3.8) is 0 Å². The first-order valence-electron chi connectivity index (χ1n) is 6.12. The highest BCUT2D eigenvalue weighted by molar-refractivity contribution is 5.89. The molecule has 18 heavy (non-hydrogen) atoms. The van der Waals surface area contributed by atoms with Crippen molar-refractivity contribution in [2.45, 2.75) is 25.4 Å². The summed E-state index contributed by atoms with van der Waals surface area (Å²) in [6.07, 6.45) is 1.81. The third-order valence-electron chi connectivity index (χ3n) is 2.66. The van der Waals surface area contributed by atoms with Crippen molar-refractivity contribution in [1.82, 2.24) is 0 Å². The van der Waals surface area contributed by atoms with Gasteiger partial charge in [0.15, 0.2) is 0 Å². The number of rotatable bonds is 3. The SMILES string of the molecule is CCCC#CC1(OC(=O)c2ccccc2)COC1. The van der Waals surface area contributed by atoms with Gasteiger partial charge >= 0.3 is 5.97 Å². The van der Waals surface area contributed by atoms with Gasteiger partial charge in [0.2, 0.25) is 5.60 Å². The largest absolute Gasteiger partial charge is 0.437 e.